The Morgan fingerprint density at radius 1 is 1.06 bits per heavy atom. The average Bonchev–Trinajstić information content (AvgIpc) is 2.62. The van der Waals surface area contributed by atoms with E-state index in [0.717, 1.165) is 57.5 Å². The van der Waals surface area contributed by atoms with E-state index in [1.807, 2.05) is 4.90 Å². The minimum atomic E-state index is -0.187. The first-order chi connectivity index (χ1) is 8.65. The standard InChI is InChI=1S/C14H24N2O2/c1-10-4-6-15(7-5-10)14(18)16-11-2-3-12(16)9-13(17)8-11/h10-13,17H,2-9H2,1H3. The van der Waals surface area contributed by atoms with Crippen LogP contribution < -0.4 is 0 Å². The second kappa shape index (κ2) is 4.72. The van der Waals surface area contributed by atoms with E-state index in [9.17, 15) is 9.90 Å². The zero-order valence-corrected chi connectivity index (χ0v) is 11.2. The molecule has 2 unspecified atom stereocenters. The van der Waals surface area contributed by atoms with E-state index < -0.39 is 0 Å². The van der Waals surface area contributed by atoms with Gasteiger partial charge in [-0.25, -0.2) is 4.79 Å². The lowest BCUT2D eigenvalue weighted by atomic mass is 9.98. The van der Waals surface area contributed by atoms with Gasteiger partial charge in [-0.2, -0.15) is 0 Å². The minimum absolute atomic E-state index is 0.187. The highest BCUT2D eigenvalue weighted by atomic mass is 16.3. The molecule has 102 valence electrons. The summed E-state index contributed by atoms with van der Waals surface area (Å²) < 4.78 is 0. The molecule has 3 fully saturated rings. The molecular formula is C14H24N2O2. The topological polar surface area (TPSA) is 43.8 Å². The Morgan fingerprint density at radius 3 is 2.17 bits per heavy atom. The van der Waals surface area contributed by atoms with E-state index in [-0.39, 0.29) is 12.1 Å². The molecule has 3 aliphatic rings. The number of urea groups is 1. The number of piperidine rings is 2. The molecule has 3 saturated heterocycles. The maximum absolute atomic E-state index is 12.6. The summed E-state index contributed by atoms with van der Waals surface area (Å²) in [6.45, 7) is 4.10. The highest BCUT2D eigenvalue weighted by Gasteiger charge is 2.44. The molecule has 1 N–H and O–H groups in total. The molecule has 0 aliphatic carbocycles. The van der Waals surface area contributed by atoms with Gasteiger partial charge in [-0.05, 0) is 44.4 Å². The lowest BCUT2D eigenvalue weighted by molar-refractivity contribution is 0.0394. The molecule has 0 aromatic carbocycles. The summed E-state index contributed by atoms with van der Waals surface area (Å²) in [6, 6.07) is 0.831. The van der Waals surface area contributed by atoms with Gasteiger partial charge in [-0.1, -0.05) is 6.92 Å². The summed E-state index contributed by atoms with van der Waals surface area (Å²) in [5.41, 5.74) is 0. The van der Waals surface area contributed by atoms with Crippen LogP contribution in [0.25, 0.3) is 0 Å². The van der Waals surface area contributed by atoms with E-state index in [0.29, 0.717) is 12.1 Å². The lowest BCUT2D eigenvalue weighted by Crippen LogP contribution is -2.54. The smallest absolute Gasteiger partial charge is 0.320 e. The van der Waals surface area contributed by atoms with Crippen molar-refractivity contribution in [2.75, 3.05) is 13.1 Å². The van der Waals surface area contributed by atoms with Crippen LogP contribution in [0.15, 0.2) is 0 Å². The number of amides is 2. The van der Waals surface area contributed by atoms with E-state index in [1.165, 1.54) is 0 Å². The summed E-state index contributed by atoms with van der Waals surface area (Å²) in [6.07, 6.45) is 5.82. The molecule has 3 heterocycles. The molecule has 3 rings (SSSR count). The largest absolute Gasteiger partial charge is 0.393 e. The average molecular weight is 252 g/mol. The van der Waals surface area contributed by atoms with Gasteiger partial charge in [-0.3, -0.25) is 0 Å². The van der Waals surface area contributed by atoms with Gasteiger partial charge in [0.05, 0.1) is 6.10 Å². The zero-order valence-electron chi connectivity index (χ0n) is 11.2. The van der Waals surface area contributed by atoms with Crippen LogP contribution in [0, 0.1) is 5.92 Å². The van der Waals surface area contributed by atoms with E-state index in [4.69, 9.17) is 0 Å². The van der Waals surface area contributed by atoms with Crippen LogP contribution in [0.5, 0.6) is 0 Å². The predicted octanol–water partition coefficient (Wildman–Crippen LogP) is 1.83. The lowest BCUT2D eigenvalue weighted by Gasteiger charge is -2.41. The van der Waals surface area contributed by atoms with Crippen LogP contribution in [0.3, 0.4) is 0 Å². The number of carbonyl (C=O) groups excluding carboxylic acids is 1. The number of nitrogens with zero attached hydrogens (tertiary/aromatic N) is 2. The van der Waals surface area contributed by atoms with Gasteiger partial charge >= 0.3 is 6.03 Å². The molecule has 4 nitrogen and oxygen atoms in total. The van der Waals surface area contributed by atoms with Crippen LogP contribution >= 0.6 is 0 Å². The summed E-state index contributed by atoms with van der Waals surface area (Å²) in [5, 5.41) is 9.78. The molecule has 2 bridgehead atoms. The molecule has 0 spiro atoms. The van der Waals surface area contributed by atoms with Crippen LogP contribution in [-0.2, 0) is 0 Å². The maximum atomic E-state index is 12.6. The van der Waals surface area contributed by atoms with Crippen molar-refractivity contribution in [2.24, 2.45) is 5.92 Å². The fourth-order valence-corrected chi connectivity index (χ4v) is 3.82. The molecule has 18 heavy (non-hydrogen) atoms. The van der Waals surface area contributed by atoms with Crippen molar-refractivity contribution in [1.29, 1.82) is 0 Å². The first-order valence-electron chi connectivity index (χ1n) is 7.40. The molecule has 0 radical (unpaired) electrons. The van der Waals surface area contributed by atoms with Crippen molar-refractivity contribution in [3.8, 4) is 0 Å². The van der Waals surface area contributed by atoms with E-state index in [2.05, 4.69) is 11.8 Å². The molecule has 2 amide bonds. The normalized spacial score (nSPS) is 37.1. The third-order valence-corrected chi connectivity index (χ3v) is 4.98. The van der Waals surface area contributed by atoms with Gasteiger partial charge in [0.2, 0.25) is 0 Å². The summed E-state index contributed by atoms with van der Waals surface area (Å²) >= 11 is 0. The Bertz CT molecular complexity index is 312. The zero-order chi connectivity index (χ0) is 12.7. The van der Waals surface area contributed by atoms with Gasteiger partial charge < -0.3 is 14.9 Å². The maximum Gasteiger partial charge on any atom is 0.320 e. The second-order valence-corrected chi connectivity index (χ2v) is 6.37. The number of aliphatic hydroxyl groups is 1. The third-order valence-electron chi connectivity index (χ3n) is 4.98. The third kappa shape index (κ3) is 2.11. The van der Waals surface area contributed by atoms with Crippen LogP contribution in [0.1, 0.15) is 45.4 Å². The van der Waals surface area contributed by atoms with Crippen LogP contribution in [0.4, 0.5) is 4.79 Å². The van der Waals surface area contributed by atoms with Crippen LogP contribution in [0.2, 0.25) is 0 Å². The SMILES string of the molecule is CC1CCN(C(=O)N2C3CCC2CC(O)C3)CC1. The summed E-state index contributed by atoms with van der Waals surface area (Å²) in [5.74, 6) is 0.758. The molecule has 0 aromatic heterocycles. The Hall–Kier alpha value is -0.770. The molecule has 0 saturated carbocycles. The number of fused-ring (bicyclic) bond motifs is 2. The molecule has 2 atom stereocenters. The van der Waals surface area contributed by atoms with Gasteiger partial charge in [0.15, 0.2) is 0 Å². The molecule has 3 aliphatic heterocycles. The van der Waals surface area contributed by atoms with Gasteiger partial charge in [0.1, 0.15) is 0 Å². The van der Waals surface area contributed by atoms with E-state index in [1.54, 1.807) is 0 Å². The number of likely N-dealkylation sites (tertiary alicyclic amines) is 1. The van der Waals surface area contributed by atoms with Gasteiger partial charge in [-0.15, -0.1) is 0 Å². The van der Waals surface area contributed by atoms with Crippen molar-refractivity contribution >= 4 is 6.03 Å². The number of carbonyl (C=O) groups is 1. The van der Waals surface area contributed by atoms with Crippen molar-refractivity contribution in [3.05, 3.63) is 0 Å². The highest BCUT2D eigenvalue weighted by molar-refractivity contribution is 5.76. The Balaban J connectivity index is 1.66. The Labute approximate surface area is 109 Å². The fourth-order valence-electron chi connectivity index (χ4n) is 3.82. The second-order valence-electron chi connectivity index (χ2n) is 6.37. The van der Waals surface area contributed by atoms with Crippen LogP contribution in [-0.4, -0.2) is 52.2 Å². The number of hydrogen-bond donors (Lipinski definition) is 1. The minimum Gasteiger partial charge on any atom is -0.393 e. The quantitative estimate of drug-likeness (QED) is 0.715. The monoisotopic (exact) mass is 252 g/mol. The fraction of sp³-hybridized carbons (Fsp3) is 0.929. The van der Waals surface area contributed by atoms with Crippen molar-refractivity contribution in [3.63, 3.8) is 0 Å². The molecular weight excluding hydrogens is 228 g/mol. The number of aliphatic hydroxyl groups excluding tert-OH is 1. The van der Waals surface area contributed by atoms with Crippen molar-refractivity contribution in [2.45, 2.75) is 63.6 Å². The first-order valence-corrected chi connectivity index (χ1v) is 7.40. The summed E-state index contributed by atoms with van der Waals surface area (Å²) in [7, 11) is 0. The molecule has 4 heteroatoms. The Morgan fingerprint density at radius 2 is 1.61 bits per heavy atom. The highest BCUT2D eigenvalue weighted by Crippen LogP contribution is 2.36. The molecule has 0 aromatic rings. The Kier molecular flexibility index (Phi) is 3.22. The van der Waals surface area contributed by atoms with Gasteiger partial charge in [0.25, 0.3) is 0 Å². The predicted molar refractivity (Wildman–Crippen MR) is 69.3 cm³/mol. The van der Waals surface area contributed by atoms with E-state index >= 15 is 0 Å². The summed E-state index contributed by atoms with van der Waals surface area (Å²) in [4.78, 5) is 16.7. The van der Waals surface area contributed by atoms with Gasteiger partial charge in [0, 0.05) is 25.2 Å². The number of rotatable bonds is 0. The first kappa shape index (κ1) is 12.3. The number of hydrogen-bond acceptors (Lipinski definition) is 2. The van der Waals surface area contributed by atoms with Crippen molar-refractivity contribution < 1.29 is 9.90 Å². The van der Waals surface area contributed by atoms with Crippen molar-refractivity contribution in [1.82, 2.24) is 9.80 Å².